The molecule has 1 aliphatic rings. The first kappa shape index (κ1) is 21.5. The zero-order valence-electron chi connectivity index (χ0n) is 15.5. The molecular formula is C21H26F4O2. The van der Waals surface area contributed by atoms with Crippen LogP contribution in [0, 0.1) is 11.7 Å². The first-order valence-corrected chi connectivity index (χ1v) is 9.55. The molecule has 1 aromatic carbocycles. The van der Waals surface area contributed by atoms with E-state index in [0.29, 0.717) is 12.0 Å². The summed E-state index contributed by atoms with van der Waals surface area (Å²) in [4.78, 5) is 12.2. The van der Waals surface area contributed by atoms with E-state index in [2.05, 4.69) is 6.92 Å². The van der Waals surface area contributed by atoms with Crippen LogP contribution < -0.4 is 0 Å². The van der Waals surface area contributed by atoms with Gasteiger partial charge in [0.25, 0.3) is 0 Å². The third-order valence-electron chi connectivity index (χ3n) is 4.97. The number of alkyl halides is 3. The van der Waals surface area contributed by atoms with Gasteiger partial charge in [-0.2, -0.15) is 13.2 Å². The van der Waals surface area contributed by atoms with E-state index in [-0.39, 0.29) is 23.3 Å². The summed E-state index contributed by atoms with van der Waals surface area (Å²) in [5, 5.41) is 0. The number of hydrogen-bond donors (Lipinski definition) is 0. The van der Waals surface area contributed by atoms with Gasteiger partial charge in [-0.3, -0.25) is 0 Å². The topological polar surface area (TPSA) is 26.3 Å². The second-order valence-corrected chi connectivity index (χ2v) is 7.16. The summed E-state index contributed by atoms with van der Waals surface area (Å²) in [6, 6.07) is 3.37. The van der Waals surface area contributed by atoms with Crippen molar-refractivity contribution in [3.63, 3.8) is 0 Å². The largest absolute Gasteiger partial charge is 0.459 e. The molecule has 150 valence electrons. The summed E-state index contributed by atoms with van der Waals surface area (Å²) in [5.41, 5.74) is -0.210. The maximum Gasteiger partial charge on any atom is 0.409 e. The van der Waals surface area contributed by atoms with Crippen molar-refractivity contribution in [1.82, 2.24) is 0 Å². The first-order valence-electron chi connectivity index (χ1n) is 9.55. The Labute approximate surface area is 157 Å². The molecule has 1 saturated carbocycles. The number of halogens is 4. The van der Waals surface area contributed by atoms with E-state index in [4.69, 9.17) is 4.74 Å². The molecule has 0 heterocycles. The number of allylic oxidation sites excluding steroid dienone is 1. The van der Waals surface area contributed by atoms with Gasteiger partial charge in [0.15, 0.2) is 0 Å². The van der Waals surface area contributed by atoms with Crippen molar-refractivity contribution in [2.75, 3.05) is 0 Å². The molecule has 0 bridgehead atoms. The van der Waals surface area contributed by atoms with Crippen LogP contribution in [0.15, 0.2) is 24.3 Å². The Balaban J connectivity index is 1.86. The van der Waals surface area contributed by atoms with Crippen LogP contribution in [-0.4, -0.2) is 18.2 Å². The van der Waals surface area contributed by atoms with Crippen molar-refractivity contribution in [2.24, 2.45) is 5.92 Å². The summed E-state index contributed by atoms with van der Waals surface area (Å²) in [7, 11) is 0. The first-order chi connectivity index (χ1) is 12.8. The molecule has 0 aliphatic heterocycles. The Morgan fingerprint density at radius 3 is 2.48 bits per heavy atom. The number of rotatable bonds is 7. The average molecular weight is 386 g/mol. The van der Waals surface area contributed by atoms with Gasteiger partial charge in [-0.25, -0.2) is 9.18 Å². The lowest BCUT2D eigenvalue weighted by atomic mass is 9.84. The lowest BCUT2D eigenvalue weighted by molar-refractivity contribution is -0.0790. The third-order valence-corrected chi connectivity index (χ3v) is 4.97. The fourth-order valence-electron chi connectivity index (χ4n) is 3.41. The summed E-state index contributed by atoms with van der Waals surface area (Å²) in [6.07, 6.45) is 4.47. The van der Waals surface area contributed by atoms with E-state index in [1.54, 1.807) is 0 Å². The molecule has 6 heteroatoms. The highest BCUT2D eigenvalue weighted by molar-refractivity contribution is 5.89. The van der Waals surface area contributed by atoms with E-state index in [9.17, 15) is 22.4 Å². The van der Waals surface area contributed by atoms with Gasteiger partial charge < -0.3 is 4.74 Å². The normalized spacial score (nSPS) is 20.8. The maximum atomic E-state index is 13.9. The van der Waals surface area contributed by atoms with Gasteiger partial charge in [-0.05, 0) is 49.8 Å². The lowest BCUT2D eigenvalue weighted by Gasteiger charge is -2.28. The molecule has 0 saturated heterocycles. The summed E-state index contributed by atoms with van der Waals surface area (Å²) < 4.78 is 55.9. The zero-order valence-corrected chi connectivity index (χ0v) is 15.5. The monoisotopic (exact) mass is 386 g/mol. The predicted molar refractivity (Wildman–Crippen MR) is 96.8 cm³/mol. The van der Waals surface area contributed by atoms with Crippen LogP contribution in [0.5, 0.6) is 0 Å². The Bertz CT molecular complexity index is 644. The molecule has 0 amide bonds. The molecular weight excluding hydrogens is 360 g/mol. The van der Waals surface area contributed by atoms with Gasteiger partial charge in [-0.1, -0.05) is 38.7 Å². The molecule has 0 spiro atoms. The van der Waals surface area contributed by atoms with Gasteiger partial charge >= 0.3 is 12.1 Å². The van der Waals surface area contributed by atoms with Crippen molar-refractivity contribution < 1.29 is 27.1 Å². The fourth-order valence-corrected chi connectivity index (χ4v) is 3.41. The molecule has 0 aromatic heterocycles. The maximum absolute atomic E-state index is 13.9. The van der Waals surface area contributed by atoms with Crippen LogP contribution in [0.3, 0.4) is 0 Å². The quantitative estimate of drug-likeness (QED) is 0.296. The average Bonchev–Trinajstić information content (AvgIpc) is 2.61. The van der Waals surface area contributed by atoms with Crippen molar-refractivity contribution >= 4 is 12.0 Å². The van der Waals surface area contributed by atoms with E-state index in [0.717, 1.165) is 37.8 Å². The van der Waals surface area contributed by atoms with Crippen LogP contribution >= 0.6 is 0 Å². The molecule has 1 aliphatic carbocycles. The minimum atomic E-state index is -4.51. The highest BCUT2D eigenvalue weighted by Crippen LogP contribution is 2.30. The van der Waals surface area contributed by atoms with Gasteiger partial charge in [0.05, 0.1) is 5.56 Å². The summed E-state index contributed by atoms with van der Waals surface area (Å²) >= 11 is 0. The lowest BCUT2D eigenvalue weighted by Crippen LogP contribution is -2.24. The zero-order chi connectivity index (χ0) is 19.9. The molecule has 0 atom stereocenters. The summed E-state index contributed by atoms with van der Waals surface area (Å²) in [5.74, 6) is -0.831. The highest BCUT2D eigenvalue weighted by atomic mass is 19.4. The number of carbonyl (C=O) groups is 1. The van der Waals surface area contributed by atoms with E-state index in [1.165, 1.54) is 31.7 Å². The Kier molecular flexibility index (Phi) is 7.87. The van der Waals surface area contributed by atoms with Crippen molar-refractivity contribution in [1.29, 1.82) is 0 Å². The van der Waals surface area contributed by atoms with Crippen LogP contribution in [0.1, 0.15) is 74.2 Å². The number of benzene rings is 1. The second kappa shape index (κ2) is 9.90. The SMILES string of the molecule is CCCCCC1CCC(OC(=O)c2ccc(/C=C/C(F)(F)F)c(F)c2)CC1. The van der Waals surface area contributed by atoms with Crippen LogP contribution in [-0.2, 0) is 4.74 Å². The van der Waals surface area contributed by atoms with Gasteiger partial charge in [-0.15, -0.1) is 0 Å². The molecule has 1 fully saturated rings. The smallest absolute Gasteiger partial charge is 0.409 e. The minimum absolute atomic E-state index is 0.0155. The summed E-state index contributed by atoms with van der Waals surface area (Å²) in [6.45, 7) is 2.18. The second-order valence-electron chi connectivity index (χ2n) is 7.16. The van der Waals surface area contributed by atoms with Crippen molar-refractivity contribution in [2.45, 2.75) is 70.6 Å². The molecule has 0 unspecified atom stereocenters. The standard InChI is InChI=1S/C21H26F4O2/c1-2-3-4-5-15-6-10-18(11-7-15)27-20(26)17-9-8-16(19(22)14-17)12-13-21(23,24)25/h8-9,12-15,18H,2-7,10-11H2,1H3/b13-12+. The number of hydrogen-bond acceptors (Lipinski definition) is 2. The number of esters is 1. The Morgan fingerprint density at radius 2 is 1.89 bits per heavy atom. The molecule has 2 rings (SSSR count). The third kappa shape index (κ3) is 7.35. The van der Waals surface area contributed by atoms with E-state index >= 15 is 0 Å². The van der Waals surface area contributed by atoms with Crippen LogP contribution in [0.4, 0.5) is 17.6 Å². The fraction of sp³-hybridized carbons (Fsp3) is 0.571. The van der Waals surface area contributed by atoms with Crippen molar-refractivity contribution in [3.05, 3.63) is 41.2 Å². The van der Waals surface area contributed by atoms with Gasteiger partial charge in [0.2, 0.25) is 0 Å². The van der Waals surface area contributed by atoms with Gasteiger partial charge in [0.1, 0.15) is 11.9 Å². The highest BCUT2D eigenvalue weighted by Gasteiger charge is 2.25. The molecule has 2 nitrogen and oxygen atoms in total. The van der Waals surface area contributed by atoms with E-state index < -0.39 is 18.0 Å². The van der Waals surface area contributed by atoms with E-state index in [1.807, 2.05) is 0 Å². The van der Waals surface area contributed by atoms with Gasteiger partial charge in [0, 0.05) is 11.6 Å². The van der Waals surface area contributed by atoms with Crippen LogP contribution in [0.2, 0.25) is 0 Å². The number of unbranched alkanes of at least 4 members (excludes halogenated alkanes) is 2. The number of carbonyl (C=O) groups excluding carboxylic acids is 1. The molecule has 27 heavy (non-hydrogen) atoms. The Hall–Kier alpha value is -1.85. The Morgan fingerprint density at radius 1 is 1.19 bits per heavy atom. The van der Waals surface area contributed by atoms with Crippen LogP contribution in [0.25, 0.3) is 6.08 Å². The molecule has 1 aromatic rings. The minimum Gasteiger partial charge on any atom is -0.459 e. The molecule has 0 radical (unpaired) electrons. The van der Waals surface area contributed by atoms with Crippen molar-refractivity contribution in [3.8, 4) is 0 Å². The number of ether oxygens (including phenoxy) is 1. The molecule has 0 N–H and O–H groups in total. The predicted octanol–water partition coefficient (Wildman–Crippen LogP) is 6.70.